The fourth-order valence-corrected chi connectivity index (χ4v) is 7.05. The Hall–Kier alpha value is -1.10. The van der Waals surface area contributed by atoms with Gasteiger partial charge in [0.05, 0.1) is 36.6 Å². The molecule has 37 heavy (non-hydrogen) atoms. The summed E-state index contributed by atoms with van der Waals surface area (Å²) in [6, 6.07) is 4.03. The second kappa shape index (κ2) is 14.9. The second-order valence-electron chi connectivity index (χ2n) is 11.9. The maximum atomic E-state index is 11.4. The van der Waals surface area contributed by atoms with Gasteiger partial charge in [-0.2, -0.15) is 0 Å². The van der Waals surface area contributed by atoms with Crippen LogP contribution in [0, 0.1) is 0 Å². The molecule has 3 atom stereocenters. The third-order valence-corrected chi connectivity index (χ3v) is 9.13. The number of phenolic OH excluding ortho intramolecular Hbond substituents is 1. The van der Waals surface area contributed by atoms with Gasteiger partial charge in [-0.1, -0.05) is 84.6 Å². The Labute approximate surface area is 226 Å². The summed E-state index contributed by atoms with van der Waals surface area (Å²) < 4.78 is 20.5. The molecule has 1 N–H and O–H groups in total. The first-order chi connectivity index (χ1) is 18.1. The minimum atomic E-state index is -0.116. The minimum Gasteiger partial charge on any atom is -0.508 e. The Bertz CT molecular complexity index is 790. The van der Waals surface area contributed by atoms with Crippen LogP contribution in [0.5, 0.6) is 5.75 Å². The fraction of sp³-hybridized carbons (Fsp3) is 0.818. The van der Waals surface area contributed by atoms with E-state index in [4.69, 9.17) is 14.2 Å². The van der Waals surface area contributed by atoms with Gasteiger partial charge < -0.3 is 19.3 Å². The number of aromatic hydroxyl groups is 1. The molecule has 3 fully saturated rings. The highest BCUT2D eigenvalue weighted by atomic mass is 16.5. The van der Waals surface area contributed by atoms with Crippen molar-refractivity contribution < 1.29 is 19.3 Å². The molecule has 4 nitrogen and oxygen atoms in total. The van der Waals surface area contributed by atoms with Crippen molar-refractivity contribution in [1.82, 2.24) is 0 Å². The molecule has 210 valence electrons. The van der Waals surface area contributed by atoms with Gasteiger partial charge in [0.15, 0.2) is 0 Å². The van der Waals surface area contributed by atoms with Crippen LogP contribution in [0.2, 0.25) is 0 Å². The Morgan fingerprint density at radius 2 is 0.946 bits per heavy atom. The van der Waals surface area contributed by atoms with Crippen molar-refractivity contribution in [1.29, 1.82) is 0 Å². The molecule has 1 aromatic carbocycles. The van der Waals surface area contributed by atoms with E-state index in [2.05, 4.69) is 26.8 Å². The van der Waals surface area contributed by atoms with Crippen molar-refractivity contribution in [3.05, 3.63) is 28.8 Å². The van der Waals surface area contributed by atoms with E-state index in [1.165, 1.54) is 68.9 Å². The largest absolute Gasteiger partial charge is 0.508 e. The van der Waals surface area contributed by atoms with Gasteiger partial charge >= 0.3 is 0 Å². The summed E-state index contributed by atoms with van der Waals surface area (Å²) in [5, 5.41) is 11.4. The van der Waals surface area contributed by atoms with E-state index < -0.39 is 0 Å². The van der Waals surface area contributed by atoms with E-state index in [0.29, 0.717) is 18.0 Å². The molecule has 0 heterocycles. The molecule has 0 aliphatic heterocycles. The molecule has 1 aromatic rings. The summed E-state index contributed by atoms with van der Waals surface area (Å²) in [7, 11) is 0. The highest BCUT2D eigenvalue weighted by Crippen LogP contribution is 2.45. The molecular formula is C33H54O4. The molecule has 0 bridgehead atoms. The topological polar surface area (TPSA) is 47.9 Å². The summed E-state index contributed by atoms with van der Waals surface area (Å²) >= 11 is 0. The van der Waals surface area contributed by atoms with Gasteiger partial charge in [0.25, 0.3) is 0 Å². The van der Waals surface area contributed by atoms with Gasteiger partial charge in [0, 0.05) is 5.56 Å². The molecule has 0 spiro atoms. The van der Waals surface area contributed by atoms with E-state index in [1.807, 2.05) is 6.07 Å². The van der Waals surface area contributed by atoms with Crippen LogP contribution >= 0.6 is 0 Å². The van der Waals surface area contributed by atoms with Crippen LogP contribution in [0.25, 0.3) is 0 Å². The highest BCUT2D eigenvalue weighted by Gasteiger charge is 2.33. The van der Waals surface area contributed by atoms with Crippen molar-refractivity contribution in [3.8, 4) is 5.75 Å². The van der Waals surface area contributed by atoms with E-state index in [0.717, 1.165) is 63.4 Å². The third-order valence-electron chi connectivity index (χ3n) is 9.13. The summed E-state index contributed by atoms with van der Waals surface area (Å²) in [5.41, 5.74) is 3.35. The van der Waals surface area contributed by atoms with Crippen molar-refractivity contribution in [3.63, 3.8) is 0 Å². The van der Waals surface area contributed by atoms with E-state index >= 15 is 0 Å². The van der Waals surface area contributed by atoms with Crippen LogP contribution in [-0.4, -0.2) is 23.4 Å². The zero-order valence-corrected chi connectivity index (χ0v) is 24.0. The average Bonchev–Trinajstić information content (AvgIpc) is 2.95. The maximum Gasteiger partial charge on any atom is 0.121 e. The number of benzene rings is 1. The Morgan fingerprint density at radius 3 is 1.35 bits per heavy atom. The van der Waals surface area contributed by atoms with Gasteiger partial charge in [-0.05, 0) is 75.0 Å². The van der Waals surface area contributed by atoms with Crippen LogP contribution < -0.4 is 0 Å². The van der Waals surface area contributed by atoms with Crippen molar-refractivity contribution in [2.45, 2.75) is 173 Å². The number of hydrogen-bond acceptors (Lipinski definition) is 4. The lowest BCUT2D eigenvalue weighted by Gasteiger charge is -2.35. The van der Waals surface area contributed by atoms with Crippen LogP contribution in [0.1, 0.15) is 171 Å². The monoisotopic (exact) mass is 514 g/mol. The van der Waals surface area contributed by atoms with Crippen LogP contribution in [0.3, 0.4) is 0 Å². The van der Waals surface area contributed by atoms with Gasteiger partial charge in [-0.25, -0.2) is 0 Å². The predicted octanol–water partition coefficient (Wildman–Crippen LogP) is 9.79. The second-order valence-corrected chi connectivity index (χ2v) is 11.9. The molecule has 3 aliphatic carbocycles. The number of phenols is 1. The van der Waals surface area contributed by atoms with Gasteiger partial charge in [-0.15, -0.1) is 0 Å². The molecule has 0 aromatic heterocycles. The highest BCUT2D eigenvalue weighted by molar-refractivity contribution is 5.48. The number of hydrogen-bond donors (Lipinski definition) is 1. The average molecular weight is 515 g/mol. The molecule has 4 heteroatoms. The van der Waals surface area contributed by atoms with Crippen molar-refractivity contribution >= 4 is 0 Å². The Morgan fingerprint density at radius 1 is 0.568 bits per heavy atom. The first kappa shape index (κ1) is 28.9. The Kier molecular flexibility index (Phi) is 11.6. The molecule has 3 unspecified atom stereocenters. The minimum absolute atomic E-state index is 0.0219. The van der Waals surface area contributed by atoms with Crippen molar-refractivity contribution in [2.75, 3.05) is 0 Å². The summed E-state index contributed by atoms with van der Waals surface area (Å²) in [5.74, 6) is 0.361. The van der Waals surface area contributed by atoms with Gasteiger partial charge in [0.2, 0.25) is 0 Å². The summed E-state index contributed by atoms with van der Waals surface area (Å²) in [6.07, 6.45) is 21.8. The van der Waals surface area contributed by atoms with Gasteiger partial charge in [0.1, 0.15) is 5.75 Å². The summed E-state index contributed by atoms with van der Waals surface area (Å²) in [6.45, 7) is 6.67. The lowest BCUT2D eigenvalue weighted by atomic mass is 9.86. The molecular weight excluding hydrogens is 460 g/mol. The third kappa shape index (κ3) is 7.73. The predicted molar refractivity (Wildman–Crippen MR) is 151 cm³/mol. The quantitative estimate of drug-likeness (QED) is 0.301. The molecule has 4 rings (SSSR count). The lowest BCUT2D eigenvalue weighted by Crippen LogP contribution is -2.26. The zero-order valence-electron chi connectivity index (χ0n) is 24.0. The number of rotatable bonds is 12. The fourth-order valence-electron chi connectivity index (χ4n) is 7.05. The normalized spacial score (nSPS) is 23.1. The molecule has 0 radical (unpaired) electrons. The standard InChI is InChI=1S/C33H54O4/c1-4-29(35-24-16-10-7-11-17-24)27-22-23-28(34)33(31(6-3)37-26-20-14-9-15-21-26)32(27)30(5-2)36-25-18-12-8-13-19-25/h22-26,29-31,34H,4-21H2,1-3H3. The smallest absolute Gasteiger partial charge is 0.121 e. The van der Waals surface area contributed by atoms with Gasteiger partial charge in [-0.3, -0.25) is 0 Å². The van der Waals surface area contributed by atoms with Crippen LogP contribution in [0.15, 0.2) is 12.1 Å². The summed E-state index contributed by atoms with van der Waals surface area (Å²) in [4.78, 5) is 0. The Balaban J connectivity index is 1.71. The molecule has 3 saturated carbocycles. The maximum absolute atomic E-state index is 11.4. The lowest BCUT2D eigenvalue weighted by molar-refractivity contribution is -0.0524. The number of ether oxygens (including phenoxy) is 3. The van der Waals surface area contributed by atoms with E-state index in [-0.39, 0.29) is 24.4 Å². The first-order valence-corrected chi connectivity index (χ1v) is 16.0. The molecule has 3 aliphatic rings. The van der Waals surface area contributed by atoms with E-state index in [9.17, 15) is 5.11 Å². The zero-order chi connectivity index (χ0) is 26.0. The van der Waals surface area contributed by atoms with Crippen LogP contribution in [-0.2, 0) is 14.2 Å². The molecule has 0 saturated heterocycles. The molecule has 0 amide bonds. The SMILES string of the molecule is CCC(OC1CCCCC1)c1ccc(O)c(C(CC)OC2CCCCC2)c1C(CC)OC1CCCCC1. The van der Waals surface area contributed by atoms with Crippen molar-refractivity contribution in [2.24, 2.45) is 0 Å². The van der Waals surface area contributed by atoms with E-state index in [1.54, 1.807) is 0 Å². The van der Waals surface area contributed by atoms with Crippen LogP contribution in [0.4, 0.5) is 0 Å². The first-order valence-electron chi connectivity index (χ1n) is 16.0.